The van der Waals surface area contributed by atoms with E-state index < -0.39 is 22.4 Å². The van der Waals surface area contributed by atoms with E-state index in [2.05, 4.69) is 9.73 Å². The number of carbonyl (C=O) groups is 1. The van der Waals surface area contributed by atoms with E-state index in [4.69, 9.17) is 5.73 Å². The van der Waals surface area contributed by atoms with Gasteiger partial charge < -0.3 is 15.6 Å². The van der Waals surface area contributed by atoms with Crippen LogP contribution in [0.5, 0.6) is 5.75 Å². The summed E-state index contributed by atoms with van der Waals surface area (Å²) in [5, 5.41) is 9.91. The van der Waals surface area contributed by atoms with Crippen LogP contribution in [0.15, 0.2) is 46.0 Å². The first kappa shape index (κ1) is 22.9. The van der Waals surface area contributed by atoms with E-state index in [1.807, 2.05) is 0 Å². The zero-order valence-electron chi connectivity index (χ0n) is 15.7. The molecule has 0 unspecified atom stereocenters. The lowest BCUT2D eigenvalue weighted by atomic mass is 9.93. The minimum Gasteiger partial charge on any atom is -0.512 e. The van der Waals surface area contributed by atoms with Crippen LogP contribution in [0.1, 0.15) is 34.6 Å². The molecule has 9 heteroatoms. The number of ether oxygens (including phenoxy) is 1. The first-order valence-electron chi connectivity index (χ1n) is 7.95. The lowest BCUT2D eigenvalue weighted by molar-refractivity contribution is -0.274. The zero-order valence-corrected chi connectivity index (χ0v) is 16.5. The number of aliphatic hydroxyl groups is 1. The van der Waals surface area contributed by atoms with E-state index in [9.17, 15) is 23.1 Å². The molecule has 1 amide bonds. The summed E-state index contributed by atoms with van der Waals surface area (Å²) in [6, 6.07) is 5.31. The number of nitrogens with two attached hydrogens (primary N) is 1. The van der Waals surface area contributed by atoms with Crippen molar-refractivity contribution >= 4 is 23.5 Å². The quantitative estimate of drug-likeness (QED) is 0.318. The van der Waals surface area contributed by atoms with Gasteiger partial charge in [-0.15, -0.1) is 24.9 Å². The van der Waals surface area contributed by atoms with Crippen LogP contribution < -0.4 is 10.5 Å². The molecule has 0 saturated carbocycles. The lowest BCUT2D eigenvalue weighted by Gasteiger charge is -2.21. The smallest absolute Gasteiger partial charge is 0.512 e. The Hall–Kier alpha value is -2.16. The second-order valence-corrected chi connectivity index (χ2v) is 8.95. The minimum atomic E-state index is -4.80. The Bertz CT molecular complexity index is 751. The summed E-state index contributed by atoms with van der Waals surface area (Å²) >= 11 is 1.02. The van der Waals surface area contributed by atoms with E-state index in [1.54, 1.807) is 40.7 Å². The van der Waals surface area contributed by atoms with Crippen LogP contribution in [0.4, 0.5) is 13.2 Å². The van der Waals surface area contributed by atoms with Crippen molar-refractivity contribution in [2.24, 2.45) is 16.1 Å². The summed E-state index contributed by atoms with van der Waals surface area (Å²) in [7, 11) is 0. The van der Waals surface area contributed by atoms with Gasteiger partial charge in [0, 0.05) is 16.4 Å². The third kappa shape index (κ3) is 7.94. The Balaban J connectivity index is 2.96. The first-order chi connectivity index (χ1) is 12.1. The van der Waals surface area contributed by atoms with Gasteiger partial charge in [-0.1, -0.05) is 26.8 Å². The Kier molecular flexibility index (Phi) is 6.99. The molecule has 0 fully saturated rings. The number of halogens is 3. The Morgan fingerprint density at radius 1 is 1.22 bits per heavy atom. The van der Waals surface area contributed by atoms with Crippen LogP contribution in [-0.2, 0) is 4.79 Å². The number of hydrogen-bond acceptors (Lipinski definition) is 4. The molecular weight excluding hydrogens is 381 g/mol. The fraction of sp³-hybridized carbons (Fsp3) is 0.444. The van der Waals surface area contributed by atoms with Gasteiger partial charge in [0.2, 0.25) is 0 Å². The van der Waals surface area contributed by atoms with Crippen LogP contribution in [0, 0.1) is 5.41 Å². The molecule has 1 aromatic rings. The number of alkyl halides is 3. The molecule has 0 saturated heterocycles. The maximum absolute atomic E-state index is 12.4. The second-order valence-electron chi connectivity index (χ2n) is 7.26. The number of allylic oxidation sites excluding steroid dienone is 1. The average molecular weight is 404 g/mol. The van der Waals surface area contributed by atoms with Crippen molar-refractivity contribution in [2.75, 3.05) is 0 Å². The number of amidine groups is 1. The van der Waals surface area contributed by atoms with Gasteiger partial charge in [0.25, 0.3) is 5.91 Å². The van der Waals surface area contributed by atoms with E-state index >= 15 is 0 Å². The molecular formula is C18H23F3N2O3S. The second kappa shape index (κ2) is 8.24. The molecule has 27 heavy (non-hydrogen) atoms. The van der Waals surface area contributed by atoms with Crippen molar-refractivity contribution in [3.63, 3.8) is 0 Å². The van der Waals surface area contributed by atoms with E-state index in [-0.39, 0.29) is 17.3 Å². The molecule has 0 aliphatic rings. The van der Waals surface area contributed by atoms with Crippen LogP contribution in [0.3, 0.4) is 0 Å². The highest BCUT2D eigenvalue weighted by Gasteiger charge is 2.32. The Labute approximate surface area is 160 Å². The lowest BCUT2D eigenvalue weighted by Crippen LogP contribution is -2.28. The topological polar surface area (TPSA) is 84.9 Å². The van der Waals surface area contributed by atoms with Crippen molar-refractivity contribution in [3.05, 3.63) is 36.1 Å². The summed E-state index contributed by atoms with van der Waals surface area (Å²) < 4.78 is 39.8. The summed E-state index contributed by atoms with van der Waals surface area (Å²) in [6.45, 7) is 8.44. The molecule has 0 atom stereocenters. The standard InChI is InChI=1S/C18H23F3N2O3S/c1-16(2,3)13(24)10-14(22)23-15(25)17(4,5)27-12-8-6-7-11(9-12)26-18(19,20)21/h6-10,24H,1-5H3,(H2,22,23,25)/b13-10-. The van der Waals surface area contributed by atoms with Gasteiger partial charge in [-0.25, -0.2) is 0 Å². The third-order valence-corrected chi connectivity index (χ3v) is 4.39. The predicted octanol–water partition coefficient (Wildman–Crippen LogP) is 4.83. The van der Waals surface area contributed by atoms with Gasteiger partial charge in [-0.2, -0.15) is 4.99 Å². The number of nitrogens with zero attached hydrogens (tertiary/aromatic N) is 1. The van der Waals surface area contributed by atoms with Crippen LogP contribution >= 0.6 is 11.8 Å². The summed E-state index contributed by atoms with van der Waals surface area (Å²) in [6.07, 6.45) is -3.59. The predicted molar refractivity (Wildman–Crippen MR) is 99.9 cm³/mol. The van der Waals surface area contributed by atoms with E-state index in [0.717, 1.165) is 11.8 Å². The summed E-state index contributed by atoms with van der Waals surface area (Å²) in [5.41, 5.74) is 5.15. The molecule has 0 aliphatic heterocycles. The van der Waals surface area contributed by atoms with E-state index in [0.29, 0.717) is 4.90 Å². The normalized spacial score (nSPS) is 14.2. The van der Waals surface area contributed by atoms with Crippen LogP contribution in [0.25, 0.3) is 0 Å². The summed E-state index contributed by atoms with van der Waals surface area (Å²) in [4.78, 5) is 16.6. The van der Waals surface area contributed by atoms with Gasteiger partial charge in [0.15, 0.2) is 0 Å². The molecule has 0 aliphatic carbocycles. The Morgan fingerprint density at radius 2 is 1.81 bits per heavy atom. The number of carbonyl (C=O) groups excluding carboxylic acids is 1. The molecule has 1 rings (SSSR count). The van der Waals surface area contributed by atoms with Gasteiger partial charge in [0.05, 0.1) is 4.75 Å². The largest absolute Gasteiger partial charge is 0.573 e. The average Bonchev–Trinajstić information content (AvgIpc) is 2.43. The van der Waals surface area contributed by atoms with Gasteiger partial charge in [-0.3, -0.25) is 4.79 Å². The number of aliphatic hydroxyl groups excluding tert-OH is 1. The number of amides is 1. The molecule has 150 valence electrons. The highest BCUT2D eigenvalue weighted by Crippen LogP contribution is 2.36. The van der Waals surface area contributed by atoms with Crippen molar-refractivity contribution in [1.82, 2.24) is 0 Å². The zero-order chi connectivity index (χ0) is 21.0. The van der Waals surface area contributed by atoms with Gasteiger partial charge in [-0.05, 0) is 32.0 Å². The fourth-order valence-corrected chi connectivity index (χ4v) is 2.76. The van der Waals surface area contributed by atoms with Crippen molar-refractivity contribution in [3.8, 4) is 5.75 Å². The maximum Gasteiger partial charge on any atom is 0.573 e. The minimum absolute atomic E-state index is 0.0287. The van der Waals surface area contributed by atoms with Crippen LogP contribution in [0.2, 0.25) is 0 Å². The number of rotatable bonds is 5. The maximum atomic E-state index is 12.4. The van der Waals surface area contributed by atoms with Gasteiger partial charge >= 0.3 is 6.36 Å². The number of hydrogen-bond donors (Lipinski definition) is 2. The highest BCUT2D eigenvalue weighted by molar-refractivity contribution is 8.01. The molecule has 3 N–H and O–H groups in total. The highest BCUT2D eigenvalue weighted by atomic mass is 32.2. The molecule has 0 aromatic heterocycles. The van der Waals surface area contributed by atoms with Gasteiger partial charge in [0.1, 0.15) is 17.3 Å². The molecule has 1 aromatic carbocycles. The molecule has 0 heterocycles. The third-order valence-electron chi connectivity index (χ3n) is 3.21. The number of benzene rings is 1. The molecule has 0 spiro atoms. The van der Waals surface area contributed by atoms with E-state index in [1.165, 1.54) is 24.3 Å². The van der Waals surface area contributed by atoms with Crippen LogP contribution in [-0.4, -0.2) is 28.0 Å². The number of aliphatic imine (C=N–C) groups is 1. The molecule has 5 nitrogen and oxygen atoms in total. The molecule has 0 bridgehead atoms. The first-order valence-corrected chi connectivity index (χ1v) is 8.76. The van der Waals surface area contributed by atoms with Crippen molar-refractivity contribution in [2.45, 2.75) is 50.6 Å². The van der Waals surface area contributed by atoms with Crippen molar-refractivity contribution < 1.29 is 27.8 Å². The SMILES string of the molecule is CC(C)(Sc1cccc(OC(F)(F)F)c1)C(=O)N=C(N)/C=C(\O)C(C)(C)C. The molecule has 0 radical (unpaired) electrons. The Morgan fingerprint density at radius 3 is 2.33 bits per heavy atom. The fourth-order valence-electron chi connectivity index (χ4n) is 1.71. The van der Waals surface area contributed by atoms with Crippen molar-refractivity contribution in [1.29, 1.82) is 0 Å². The number of thioether (sulfide) groups is 1. The summed E-state index contributed by atoms with van der Waals surface area (Å²) in [5.74, 6) is -1.16. The monoisotopic (exact) mass is 404 g/mol.